The highest BCUT2D eigenvalue weighted by atomic mass is 16.5. The molecule has 0 spiro atoms. The van der Waals surface area contributed by atoms with Gasteiger partial charge in [0.15, 0.2) is 0 Å². The minimum Gasteiger partial charge on any atom is -0.492 e. The van der Waals surface area contributed by atoms with E-state index in [-0.39, 0.29) is 6.42 Å². The van der Waals surface area contributed by atoms with Crippen molar-refractivity contribution in [2.24, 2.45) is 0 Å². The first-order valence-corrected chi connectivity index (χ1v) is 7.66. The third-order valence-electron chi connectivity index (χ3n) is 3.26. The molecule has 0 atom stereocenters. The van der Waals surface area contributed by atoms with Crippen molar-refractivity contribution in [1.82, 2.24) is 5.32 Å². The lowest BCUT2D eigenvalue weighted by atomic mass is 10.1. The fourth-order valence-corrected chi connectivity index (χ4v) is 2.20. The van der Waals surface area contributed by atoms with Crippen LogP contribution in [0, 0.1) is 0 Å². The Morgan fingerprint density at radius 1 is 1.45 bits per heavy atom. The van der Waals surface area contributed by atoms with Crippen LogP contribution in [0.3, 0.4) is 0 Å². The zero-order chi connectivity index (χ0) is 16.4. The van der Waals surface area contributed by atoms with Crippen molar-refractivity contribution in [3.05, 3.63) is 36.4 Å². The monoisotopic (exact) mass is 306 g/mol. The summed E-state index contributed by atoms with van der Waals surface area (Å²) in [7, 11) is 0. The number of hydrogen-bond donors (Lipinski definition) is 2. The predicted molar refractivity (Wildman–Crippen MR) is 89.7 cm³/mol. The number of benzene rings is 1. The molecule has 0 aliphatic heterocycles. The first-order chi connectivity index (χ1) is 10.6. The van der Waals surface area contributed by atoms with E-state index in [2.05, 4.69) is 11.9 Å². The number of nitrogens with zero attached hydrogens (tertiary/aromatic N) is 1. The lowest BCUT2D eigenvalue weighted by Gasteiger charge is -2.25. The van der Waals surface area contributed by atoms with E-state index in [0.29, 0.717) is 13.2 Å². The van der Waals surface area contributed by atoms with Gasteiger partial charge < -0.3 is 20.1 Å². The first-order valence-electron chi connectivity index (χ1n) is 7.66. The van der Waals surface area contributed by atoms with Gasteiger partial charge in [-0.25, -0.2) is 0 Å². The van der Waals surface area contributed by atoms with Crippen LogP contribution in [0.2, 0.25) is 0 Å². The third kappa shape index (κ3) is 5.77. The fraction of sp³-hybridized carbons (Fsp3) is 0.471. The molecule has 0 unspecified atom stereocenters. The molecule has 122 valence electrons. The molecule has 0 bridgehead atoms. The summed E-state index contributed by atoms with van der Waals surface area (Å²) < 4.78 is 5.74. The number of ether oxygens (including phenoxy) is 1. The number of carboxylic acids is 1. The molecule has 0 aliphatic carbocycles. The Hall–Kier alpha value is -2.01. The molecule has 1 rings (SSSR count). The van der Waals surface area contributed by atoms with E-state index >= 15 is 0 Å². The summed E-state index contributed by atoms with van der Waals surface area (Å²) in [5, 5.41) is 12.1. The molecule has 5 heteroatoms. The van der Waals surface area contributed by atoms with Crippen LogP contribution in [-0.4, -0.2) is 37.3 Å². The summed E-state index contributed by atoms with van der Waals surface area (Å²) in [6.45, 7) is 10.9. The molecule has 0 heterocycles. The standard InChI is InChI=1S/C17H26N2O3/c1-4-10-18-13-14-7-8-15(16(12-14)22-6-3)19(5-2)11-9-17(20)21/h4,7-8,12,18H,1,5-6,9-11,13H2,2-3H3,(H,20,21). The fourth-order valence-electron chi connectivity index (χ4n) is 2.20. The van der Waals surface area contributed by atoms with Gasteiger partial charge in [-0.15, -0.1) is 6.58 Å². The van der Waals surface area contributed by atoms with Crippen molar-refractivity contribution in [2.75, 3.05) is 31.1 Å². The minimum atomic E-state index is -0.790. The van der Waals surface area contributed by atoms with E-state index in [1.165, 1.54) is 0 Å². The van der Waals surface area contributed by atoms with Crippen molar-refractivity contribution in [1.29, 1.82) is 0 Å². The second-order valence-corrected chi connectivity index (χ2v) is 4.88. The average molecular weight is 306 g/mol. The van der Waals surface area contributed by atoms with Crippen LogP contribution < -0.4 is 15.0 Å². The zero-order valence-corrected chi connectivity index (χ0v) is 13.5. The maximum Gasteiger partial charge on any atom is 0.305 e. The lowest BCUT2D eigenvalue weighted by Crippen LogP contribution is -2.26. The van der Waals surface area contributed by atoms with Gasteiger partial charge in [0.1, 0.15) is 5.75 Å². The summed E-state index contributed by atoms with van der Waals surface area (Å²) in [5.41, 5.74) is 2.07. The molecular formula is C17H26N2O3. The summed E-state index contributed by atoms with van der Waals surface area (Å²) in [6.07, 6.45) is 1.94. The molecular weight excluding hydrogens is 280 g/mol. The van der Waals surface area contributed by atoms with Crippen LogP contribution in [0.4, 0.5) is 5.69 Å². The van der Waals surface area contributed by atoms with E-state index in [0.717, 1.165) is 36.6 Å². The molecule has 0 aliphatic rings. The van der Waals surface area contributed by atoms with Crippen LogP contribution in [0.15, 0.2) is 30.9 Å². The number of hydrogen-bond acceptors (Lipinski definition) is 4. The van der Waals surface area contributed by atoms with Crippen LogP contribution in [0.25, 0.3) is 0 Å². The SMILES string of the molecule is C=CCNCc1ccc(N(CC)CCC(=O)O)c(OCC)c1. The molecule has 1 aromatic rings. The van der Waals surface area contributed by atoms with Gasteiger partial charge in [-0.3, -0.25) is 4.79 Å². The Balaban J connectivity index is 2.90. The number of carbonyl (C=O) groups is 1. The summed E-state index contributed by atoms with van der Waals surface area (Å²) in [4.78, 5) is 12.8. The van der Waals surface area contributed by atoms with E-state index in [1.54, 1.807) is 0 Å². The Kier molecular flexibility index (Phi) is 8.07. The van der Waals surface area contributed by atoms with E-state index < -0.39 is 5.97 Å². The van der Waals surface area contributed by atoms with Crippen molar-refractivity contribution in [2.45, 2.75) is 26.8 Å². The Morgan fingerprint density at radius 2 is 2.23 bits per heavy atom. The summed E-state index contributed by atoms with van der Waals surface area (Å²) >= 11 is 0. The van der Waals surface area contributed by atoms with Gasteiger partial charge in [0.05, 0.1) is 18.7 Å². The van der Waals surface area contributed by atoms with E-state index in [4.69, 9.17) is 9.84 Å². The maximum atomic E-state index is 10.8. The van der Waals surface area contributed by atoms with Gasteiger partial charge in [-0.05, 0) is 31.5 Å². The first kappa shape index (κ1) is 18.0. The molecule has 1 aromatic carbocycles. The Labute approximate surface area is 132 Å². The molecule has 0 amide bonds. The average Bonchev–Trinajstić information content (AvgIpc) is 2.50. The van der Waals surface area contributed by atoms with E-state index in [9.17, 15) is 4.79 Å². The van der Waals surface area contributed by atoms with Crippen LogP contribution >= 0.6 is 0 Å². The van der Waals surface area contributed by atoms with Crippen LogP contribution in [0.1, 0.15) is 25.8 Å². The molecule has 5 nitrogen and oxygen atoms in total. The number of nitrogens with one attached hydrogen (secondary N) is 1. The van der Waals surface area contributed by atoms with Crippen molar-refractivity contribution in [3.63, 3.8) is 0 Å². The van der Waals surface area contributed by atoms with Crippen LogP contribution in [0.5, 0.6) is 5.75 Å². The third-order valence-corrected chi connectivity index (χ3v) is 3.26. The topological polar surface area (TPSA) is 61.8 Å². The van der Waals surface area contributed by atoms with Gasteiger partial charge in [-0.1, -0.05) is 12.1 Å². The van der Waals surface area contributed by atoms with Crippen LogP contribution in [-0.2, 0) is 11.3 Å². The van der Waals surface area contributed by atoms with E-state index in [1.807, 2.05) is 43.0 Å². The smallest absolute Gasteiger partial charge is 0.305 e. The highest BCUT2D eigenvalue weighted by Gasteiger charge is 2.13. The predicted octanol–water partition coefficient (Wildman–Crippen LogP) is 2.66. The molecule has 0 saturated carbocycles. The number of aliphatic carboxylic acids is 1. The summed E-state index contributed by atoms with van der Waals surface area (Å²) in [6, 6.07) is 6.05. The number of carboxylic acid groups (broad SMARTS) is 1. The Morgan fingerprint density at radius 3 is 2.82 bits per heavy atom. The summed E-state index contributed by atoms with van der Waals surface area (Å²) in [5.74, 6) is 0.00861. The van der Waals surface area contributed by atoms with Crippen molar-refractivity contribution < 1.29 is 14.6 Å². The lowest BCUT2D eigenvalue weighted by molar-refractivity contribution is -0.136. The van der Waals surface area contributed by atoms with Crippen molar-refractivity contribution in [3.8, 4) is 5.75 Å². The number of anilines is 1. The molecule has 22 heavy (non-hydrogen) atoms. The van der Waals surface area contributed by atoms with Gasteiger partial charge in [0.25, 0.3) is 0 Å². The minimum absolute atomic E-state index is 0.113. The highest BCUT2D eigenvalue weighted by Crippen LogP contribution is 2.30. The van der Waals surface area contributed by atoms with Gasteiger partial charge in [0, 0.05) is 26.2 Å². The highest BCUT2D eigenvalue weighted by molar-refractivity contribution is 5.68. The maximum absolute atomic E-state index is 10.8. The van der Waals surface area contributed by atoms with Gasteiger partial charge in [-0.2, -0.15) is 0 Å². The molecule has 0 fully saturated rings. The normalized spacial score (nSPS) is 10.3. The van der Waals surface area contributed by atoms with Crippen molar-refractivity contribution >= 4 is 11.7 Å². The molecule has 2 N–H and O–H groups in total. The largest absolute Gasteiger partial charge is 0.492 e. The second kappa shape index (κ2) is 9.84. The molecule has 0 radical (unpaired) electrons. The number of rotatable bonds is 11. The molecule has 0 aromatic heterocycles. The zero-order valence-electron chi connectivity index (χ0n) is 13.5. The molecule has 0 saturated heterocycles. The second-order valence-electron chi connectivity index (χ2n) is 4.88. The van der Waals surface area contributed by atoms with Gasteiger partial charge in [0.2, 0.25) is 0 Å². The van der Waals surface area contributed by atoms with Gasteiger partial charge >= 0.3 is 5.97 Å². The Bertz CT molecular complexity index is 489. The quantitative estimate of drug-likeness (QED) is 0.486.